The van der Waals surface area contributed by atoms with E-state index in [4.69, 9.17) is 11.6 Å². The zero-order chi connectivity index (χ0) is 27.9. The van der Waals surface area contributed by atoms with E-state index in [-0.39, 0.29) is 47.3 Å². The Morgan fingerprint density at radius 3 is 2.31 bits per heavy atom. The van der Waals surface area contributed by atoms with Crippen LogP contribution in [-0.4, -0.2) is 95.2 Å². The van der Waals surface area contributed by atoms with Gasteiger partial charge in [0.1, 0.15) is 5.82 Å². The Hall–Kier alpha value is -3.48. The van der Waals surface area contributed by atoms with Crippen LogP contribution >= 0.6 is 11.6 Å². The number of carbonyl (C=O) groups excluding carboxylic acids is 2. The van der Waals surface area contributed by atoms with Gasteiger partial charge in [-0.15, -0.1) is 0 Å². The van der Waals surface area contributed by atoms with Crippen molar-refractivity contribution in [3.63, 3.8) is 0 Å². The lowest BCUT2D eigenvalue weighted by atomic mass is 10.1. The Morgan fingerprint density at radius 1 is 1.00 bits per heavy atom. The van der Waals surface area contributed by atoms with Gasteiger partial charge < -0.3 is 20.2 Å². The summed E-state index contributed by atoms with van der Waals surface area (Å²) >= 11 is 5.91. The highest BCUT2D eigenvalue weighted by molar-refractivity contribution is 6.30. The minimum absolute atomic E-state index is 0.0104. The molecule has 0 saturated carbocycles. The first-order chi connectivity index (χ1) is 18.5. The van der Waals surface area contributed by atoms with Gasteiger partial charge in [0.25, 0.3) is 11.8 Å². The first-order valence-electron chi connectivity index (χ1n) is 12.4. The van der Waals surface area contributed by atoms with Gasteiger partial charge in [0.15, 0.2) is 0 Å². The molecule has 9 nitrogen and oxygen atoms in total. The lowest BCUT2D eigenvalue weighted by molar-refractivity contribution is -0.144. The molecule has 0 spiro atoms. The van der Waals surface area contributed by atoms with Gasteiger partial charge in [-0.25, -0.2) is 9.97 Å². The summed E-state index contributed by atoms with van der Waals surface area (Å²) in [5.74, 6) is -1.78. The zero-order valence-corrected chi connectivity index (χ0v) is 21.7. The second-order valence-corrected chi connectivity index (χ2v) is 9.99. The van der Waals surface area contributed by atoms with Crippen LogP contribution in [0.15, 0.2) is 42.5 Å². The summed E-state index contributed by atoms with van der Waals surface area (Å²) in [5.41, 5.74) is 0.840. The zero-order valence-electron chi connectivity index (χ0n) is 21.0. The number of aliphatic hydroxyl groups excluding tert-OH is 1. The molecule has 2 fully saturated rings. The van der Waals surface area contributed by atoms with Crippen molar-refractivity contribution < 1.29 is 27.9 Å². The van der Waals surface area contributed by atoms with Crippen LogP contribution < -0.4 is 10.2 Å². The molecule has 2 N–H and O–H groups in total. The van der Waals surface area contributed by atoms with E-state index in [2.05, 4.69) is 15.3 Å². The molecule has 39 heavy (non-hydrogen) atoms. The minimum atomic E-state index is -4.77. The third-order valence-electron chi connectivity index (χ3n) is 7.14. The highest BCUT2D eigenvalue weighted by Crippen LogP contribution is 2.34. The molecule has 0 unspecified atom stereocenters. The van der Waals surface area contributed by atoms with Crippen LogP contribution in [0.5, 0.6) is 0 Å². The highest BCUT2D eigenvalue weighted by atomic mass is 35.5. The van der Waals surface area contributed by atoms with E-state index in [9.17, 15) is 27.9 Å². The van der Waals surface area contributed by atoms with Crippen molar-refractivity contribution in [3.05, 3.63) is 64.4 Å². The molecular weight excluding hydrogens is 537 g/mol. The Morgan fingerprint density at radius 2 is 1.67 bits per heavy atom. The fourth-order valence-electron chi connectivity index (χ4n) is 5.10. The number of nitrogens with one attached hydrogen (secondary N) is 1. The van der Waals surface area contributed by atoms with Gasteiger partial charge in [0.05, 0.1) is 17.7 Å². The summed E-state index contributed by atoms with van der Waals surface area (Å²) in [7, 11) is 1.46. The number of amides is 2. The third kappa shape index (κ3) is 5.49. The average molecular weight is 563 g/mol. The molecule has 1 aromatic heterocycles. The number of anilines is 1. The van der Waals surface area contributed by atoms with Crippen LogP contribution in [0, 0.1) is 0 Å². The lowest BCUT2D eigenvalue weighted by Crippen LogP contribution is -2.54. The number of aromatic nitrogens is 2. The van der Waals surface area contributed by atoms with E-state index in [1.165, 1.54) is 25.2 Å². The summed E-state index contributed by atoms with van der Waals surface area (Å²) < 4.78 is 40.9. The topological polar surface area (TPSA) is 102 Å². The van der Waals surface area contributed by atoms with Gasteiger partial charge in [-0.3, -0.25) is 14.5 Å². The largest absolute Gasteiger partial charge is 0.451 e. The second-order valence-electron chi connectivity index (χ2n) is 9.55. The molecule has 13 heteroatoms. The summed E-state index contributed by atoms with van der Waals surface area (Å²) in [6, 6.07) is 10.5. The van der Waals surface area contributed by atoms with Crippen LogP contribution in [0.25, 0.3) is 10.9 Å². The average Bonchev–Trinajstić information content (AvgIpc) is 3.32. The first kappa shape index (κ1) is 27.1. The number of hydrogen-bond donors (Lipinski definition) is 2. The predicted octanol–water partition coefficient (Wildman–Crippen LogP) is 2.67. The number of carbonyl (C=O) groups is 2. The van der Waals surface area contributed by atoms with Gasteiger partial charge >= 0.3 is 6.18 Å². The maximum absolute atomic E-state index is 13.6. The molecule has 2 aromatic carbocycles. The number of aliphatic hydroxyl groups is 1. The summed E-state index contributed by atoms with van der Waals surface area (Å²) in [4.78, 5) is 37.9. The number of nitrogens with zero attached hydrogens (tertiary/aromatic N) is 5. The molecule has 0 radical (unpaired) electrons. The molecule has 2 aliphatic rings. The van der Waals surface area contributed by atoms with Crippen LogP contribution in [-0.2, 0) is 6.18 Å². The van der Waals surface area contributed by atoms with Crippen molar-refractivity contribution in [2.75, 3.05) is 51.2 Å². The first-order valence-corrected chi connectivity index (χ1v) is 12.8. The Bertz CT molecular complexity index is 1400. The van der Waals surface area contributed by atoms with E-state index < -0.39 is 24.0 Å². The smallest absolute Gasteiger partial charge is 0.390 e. The lowest BCUT2D eigenvalue weighted by Gasteiger charge is -2.38. The van der Waals surface area contributed by atoms with Crippen LogP contribution in [0.3, 0.4) is 0 Å². The van der Waals surface area contributed by atoms with Crippen molar-refractivity contribution in [2.24, 2.45) is 0 Å². The molecule has 2 aliphatic heterocycles. The maximum Gasteiger partial charge on any atom is 0.451 e. The maximum atomic E-state index is 13.6. The van der Waals surface area contributed by atoms with Crippen molar-refractivity contribution in [1.82, 2.24) is 25.1 Å². The molecule has 2 atom stereocenters. The molecule has 2 amide bonds. The molecule has 206 valence electrons. The van der Waals surface area contributed by atoms with Gasteiger partial charge in [-0.05, 0) is 42.5 Å². The molecule has 2 saturated heterocycles. The number of piperazine rings is 1. The number of hydrogen-bond acceptors (Lipinski definition) is 7. The highest BCUT2D eigenvalue weighted by Gasteiger charge is 2.41. The second kappa shape index (κ2) is 10.6. The van der Waals surface area contributed by atoms with Crippen molar-refractivity contribution in [1.29, 1.82) is 0 Å². The van der Waals surface area contributed by atoms with Gasteiger partial charge in [-0.2, -0.15) is 13.2 Å². The molecule has 3 aromatic rings. The monoisotopic (exact) mass is 562 g/mol. The van der Waals surface area contributed by atoms with Crippen molar-refractivity contribution in [2.45, 2.75) is 18.3 Å². The Kier molecular flexibility index (Phi) is 7.36. The normalized spacial score (nSPS) is 20.5. The SMILES string of the molecule is CNC(=O)c1ccc2nc(C(F)(F)F)nc(N3C[C@@H](O)[C@H](N4CCN(C(=O)c5ccc(Cl)cc5)CC4)C3)c2c1. The summed E-state index contributed by atoms with van der Waals surface area (Å²) in [6.07, 6.45) is -5.63. The van der Waals surface area contributed by atoms with Gasteiger partial charge in [-0.1, -0.05) is 11.6 Å². The van der Waals surface area contributed by atoms with Crippen molar-refractivity contribution >= 4 is 40.1 Å². The van der Waals surface area contributed by atoms with E-state index in [0.717, 1.165) is 0 Å². The summed E-state index contributed by atoms with van der Waals surface area (Å²) in [5, 5.41) is 14.3. The van der Waals surface area contributed by atoms with Crippen LogP contribution in [0.2, 0.25) is 5.02 Å². The quantitative estimate of drug-likeness (QED) is 0.504. The third-order valence-corrected chi connectivity index (χ3v) is 7.39. The minimum Gasteiger partial charge on any atom is -0.390 e. The van der Waals surface area contributed by atoms with E-state index in [1.54, 1.807) is 34.1 Å². The van der Waals surface area contributed by atoms with Crippen molar-refractivity contribution in [3.8, 4) is 0 Å². The molecular formula is C26H26ClF3N6O3. The molecule has 5 rings (SSSR count). The predicted molar refractivity (Wildman–Crippen MR) is 139 cm³/mol. The molecule has 0 aliphatic carbocycles. The fraction of sp³-hybridized carbons (Fsp3) is 0.385. The number of rotatable bonds is 4. The van der Waals surface area contributed by atoms with Crippen LogP contribution in [0.1, 0.15) is 26.5 Å². The fourth-order valence-corrected chi connectivity index (χ4v) is 5.22. The number of alkyl halides is 3. The number of benzene rings is 2. The number of fused-ring (bicyclic) bond motifs is 1. The van der Waals surface area contributed by atoms with E-state index in [1.807, 2.05) is 4.90 Å². The van der Waals surface area contributed by atoms with Crippen LogP contribution in [0.4, 0.5) is 19.0 Å². The summed E-state index contributed by atoms with van der Waals surface area (Å²) in [6.45, 7) is 2.15. The van der Waals surface area contributed by atoms with E-state index in [0.29, 0.717) is 36.8 Å². The van der Waals surface area contributed by atoms with Gasteiger partial charge in [0, 0.05) is 67.9 Å². The number of halogens is 4. The molecule has 3 heterocycles. The number of β-amino-alcohol motifs (C(OH)–C–C–N with tert-alkyl or cyclic N) is 1. The Labute approximate surface area is 227 Å². The Balaban J connectivity index is 1.36. The molecule has 0 bridgehead atoms. The standard InChI is InChI=1S/C26H26ClF3N6O3/c1-31-23(38)16-4-7-19-18(12-16)22(33-25(32-19)26(28,29)30)36-13-20(21(37)14-36)34-8-10-35(11-9-34)24(39)15-2-5-17(27)6-3-15/h2-7,12,20-21,37H,8-11,13-14H2,1H3,(H,31,38)/t20-,21-/m1/s1. The van der Waals surface area contributed by atoms with Gasteiger partial charge in [0.2, 0.25) is 5.82 Å². The van der Waals surface area contributed by atoms with E-state index >= 15 is 0 Å².